The number of ether oxygens (including phenoxy) is 1. The van der Waals surface area contributed by atoms with Gasteiger partial charge in [0.05, 0.1) is 0 Å². The first kappa shape index (κ1) is 12.8. The molecule has 0 bridgehead atoms. The normalized spacial score (nSPS) is 10.8. The van der Waals surface area contributed by atoms with Gasteiger partial charge in [-0.2, -0.15) is 0 Å². The zero-order chi connectivity index (χ0) is 13.8. The van der Waals surface area contributed by atoms with Crippen molar-refractivity contribution in [3.8, 4) is 11.5 Å². The SMILES string of the molecule is NCCCn1ccc2cc(Oc3ccccc3)ccc21. The molecule has 0 unspecified atom stereocenters. The minimum Gasteiger partial charge on any atom is -0.457 e. The lowest BCUT2D eigenvalue weighted by atomic mass is 10.2. The molecule has 0 amide bonds. The molecule has 3 heteroatoms. The number of fused-ring (bicyclic) bond motifs is 1. The molecule has 20 heavy (non-hydrogen) atoms. The summed E-state index contributed by atoms with van der Waals surface area (Å²) in [5, 5.41) is 1.19. The van der Waals surface area contributed by atoms with Gasteiger partial charge in [0.1, 0.15) is 11.5 Å². The van der Waals surface area contributed by atoms with Crippen molar-refractivity contribution in [2.24, 2.45) is 5.73 Å². The van der Waals surface area contributed by atoms with Crippen LogP contribution in [0.1, 0.15) is 6.42 Å². The molecule has 0 atom stereocenters. The van der Waals surface area contributed by atoms with E-state index in [9.17, 15) is 0 Å². The molecule has 0 saturated heterocycles. The number of para-hydroxylation sites is 1. The Morgan fingerprint density at radius 2 is 1.80 bits per heavy atom. The Labute approximate surface area is 118 Å². The van der Waals surface area contributed by atoms with E-state index in [0.29, 0.717) is 0 Å². The Morgan fingerprint density at radius 3 is 2.60 bits per heavy atom. The third-order valence-corrected chi connectivity index (χ3v) is 3.32. The summed E-state index contributed by atoms with van der Waals surface area (Å²) in [5.74, 6) is 1.72. The first-order valence-electron chi connectivity index (χ1n) is 6.89. The highest BCUT2D eigenvalue weighted by Crippen LogP contribution is 2.26. The van der Waals surface area contributed by atoms with Gasteiger partial charge in [-0.3, -0.25) is 0 Å². The molecule has 2 aromatic carbocycles. The van der Waals surface area contributed by atoms with Gasteiger partial charge in [0.15, 0.2) is 0 Å². The van der Waals surface area contributed by atoms with Crippen molar-refractivity contribution in [3.63, 3.8) is 0 Å². The standard InChI is InChI=1S/C17H18N2O/c18-10-4-11-19-12-9-14-13-16(7-8-17(14)19)20-15-5-2-1-3-6-15/h1-3,5-9,12-13H,4,10-11,18H2. The van der Waals surface area contributed by atoms with E-state index in [1.165, 1.54) is 10.9 Å². The minimum atomic E-state index is 0.717. The van der Waals surface area contributed by atoms with Crippen LogP contribution in [0.2, 0.25) is 0 Å². The molecule has 3 aromatic rings. The first-order valence-corrected chi connectivity index (χ1v) is 6.89. The van der Waals surface area contributed by atoms with Crippen LogP contribution in [0.25, 0.3) is 10.9 Å². The van der Waals surface area contributed by atoms with Crippen molar-refractivity contribution in [2.75, 3.05) is 6.54 Å². The molecule has 0 radical (unpaired) electrons. The van der Waals surface area contributed by atoms with Crippen LogP contribution < -0.4 is 10.5 Å². The fourth-order valence-electron chi connectivity index (χ4n) is 2.32. The lowest BCUT2D eigenvalue weighted by Gasteiger charge is -2.07. The Kier molecular flexibility index (Phi) is 3.70. The Bertz CT molecular complexity index is 689. The predicted molar refractivity (Wildman–Crippen MR) is 82.1 cm³/mol. The fourth-order valence-corrected chi connectivity index (χ4v) is 2.32. The van der Waals surface area contributed by atoms with Gasteiger partial charge in [0, 0.05) is 23.6 Å². The topological polar surface area (TPSA) is 40.2 Å². The van der Waals surface area contributed by atoms with Gasteiger partial charge in [-0.25, -0.2) is 0 Å². The second-order valence-corrected chi connectivity index (χ2v) is 4.79. The predicted octanol–water partition coefficient (Wildman–Crippen LogP) is 3.78. The van der Waals surface area contributed by atoms with Gasteiger partial charge < -0.3 is 15.0 Å². The number of nitrogens with zero attached hydrogens (tertiary/aromatic N) is 1. The smallest absolute Gasteiger partial charge is 0.128 e. The van der Waals surface area contributed by atoms with E-state index < -0.39 is 0 Å². The van der Waals surface area contributed by atoms with Crippen molar-refractivity contribution < 1.29 is 4.74 Å². The summed E-state index contributed by atoms with van der Waals surface area (Å²) in [5.41, 5.74) is 6.79. The lowest BCUT2D eigenvalue weighted by molar-refractivity contribution is 0.483. The highest BCUT2D eigenvalue weighted by molar-refractivity contribution is 5.81. The van der Waals surface area contributed by atoms with Gasteiger partial charge in [-0.1, -0.05) is 18.2 Å². The summed E-state index contributed by atoms with van der Waals surface area (Å²) in [7, 11) is 0. The van der Waals surface area contributed by atoms with E-state index in [1.807, 2.05) is 36.4 Å². The van der Waals surface area contributed by atoms with Crippen LogP contribution in [0, 0.1) is 0 Å². The van der Waals surface area contributed by atoms with Crippen molar-refractivity contribution >= 4 is 10.9 Å². The second kappa shape index (κ2) is 5.80. The van der Waals surface area contributed by atoms with Crippen LogP contribution >= 0.6 is 0 Å². The van der Waals surface area contributed by atoms with Crippen molar-refractivity contribution in [1.82, 2.24) is 4.57 Å². The van der Waals surface area contributed by atoms with E-state index in [2.05, 4.69) is 29.0 Å². The van der Waals surface area contributed by atoms with Crippen molar-refractivity contribution in [3.05, 3.63) is 60.8 Å². The number of hydrogen-bond acceptors (Lipinski definition) is 2. The zero-order valence-corrected chi connectivity index (χ0v) is 11.3. The molecule has 0 saturated carbocycles. The van der Waals surface area contributed by atoms with E-state index in [-0.39, 0.29) is 0 Å². The number of hydrogen-bond donors (Lipinski definition) is 1. The average molecular weight is 266 g/mol. The molecule has 1 heterocycles. The summed E-state index contributed by atoms with van der Waals surface area (Å²) < 4.78 is 8.08. The maximum Gasteiger partial charge on any atom is 0.128 e. The van der Waals surface area contributed by atoms with Crippen LogP contribution in [0.5, 0.6) is 11.5 Å². The molecule has 2 N–H and O–H groups in total. The monoisotopic (exact) mass is 266 g/mol. The van der Waals surface area contributed by atoms with Gasteiger partial charge >= 0.3 is 0 Å². The molecule has 102 valence electrons. The average Bonchev–Trinajstić information content (AvgIpc) is 2.88. The van der Waals surface area contributed by atoms with E-state index >= 15 is 0 Å². The van der Waals surface area contributed by atoms with Gasteiger partial charge in [0.25, 0.3) is 0 Å². The number of aromatic nitrogens is 1. The zero-order valence-electron chi connectivity index (χ0n) is 11.3. The Hall–Kier alpha value is -2.26. The fraction of sp³-hybridized carbons (Fsp3) is 0.176. The third-order valence-electron chi connectivity index (χ3n) is 3.32. The van der Waals surface area contributed by atoms with Gasteiger partial charge in [0.2, 0.25) is 0 Å². The summed E-state index contributed by atoms with van der Waals surface area (Å²) in [6, 6.07) is 18.1. The van der Waals surface area contributed by atoms with Crippen LogP contribution in [-0.4, -0.2) is 11.1 Å². The molecule has 3 rings (SSSR count). The number of rotatable bonds is 5. The van der Waals surface area contributed by atoms with E-state index in [4.69, 9.17) is 10.5 Å². The quantitative estimate of drug-likeness (QED) is 0.763. The van der Waals surface area contributed by atoms with Crippen LogP contribution in [0.3, 0.4) is 0 Å². The maximum absolute atomic E-state index is 5.85. The molecule has 3 nitrogen and oxygen atoms in total. The molecule has 0 aliphatic rings. The second-order valence-electron chi connectivity index (χ2n) is 4.79. The van der Waals surface area contributed by atoms with E-state index in [1.54, 1.807) is 0 Å². The highest BCUT2D eigenvalue weighted by Gasteiger charge is 2.03. The number of aryl methyl sites for hydroxylation is 1. The number of benzene rings is 2. The third kappa shape index (κ3) is 2.68. The summed E-state index contributed by atoms with van der Waals surface area (Å²) >= 11 is 0. The Morgan fingerprint density at radius 1 is 0.950 bits per heavy atom. The van der Waals surface area contributed by atoms with Crippen LogP contribution in [-0.2, 0) is 6.54 Å². The first-order chi connectivity index (χ1) is 9.86. The largest absolute Gasteiger partial charge is 0.457 e. The van der Waals surface area contributed by atoms with Gasteiger partial charge in [-0.05, 0) is 49.4 Å². The molecule has 0 aliphatic heterocycles. The molecule has 0 fully saturated rings. The molecular weight excluding hydrogens is 248 g/mol. The molecule has 0 aliphatic carbocycles. The minimum absolute atomic E-state index is 0.717. The highest BCUT2D eigenvalue weighted by atomic mass is 16.5. The van der Waals surface area contributed by atoms with E-state index in [0.717, 1.165) is 31.0 Å². The summed E-state index contributed by atoms with van der Waals surface area (Å²) in [6.45, 7) is 1.67. The lowest BCUT2D eigenvalue weighted by Crippen LogP contribution is -2.04. The van der Waals surface area contributed by atoms with Crippen molar-refractivity contribution in [2.45, 2.75) is 13.0 Å². The molecule has 0 spiro atoms. The van der Waals surface area contributed by atoms with Crippen LogP contribution in [0.15, 0.2) is 60.8 Å². The summed E-state index contributed by atoms with van der Waals surface area (Å²) in [4.78, 5) is 0. The van der Waals surface area contributed by atoms with Crippen molar-refractivity contribution in [1.29, 1.82) is 0 Å². The molecular formula is C17H18N2O. The Balaban J connectivity index is 1.84. The van der Waals surface area contributed by atoms with Crippen LogP contribution in [0.4, 0.5) is 0 Å². The molecule has 1 aromatic heterocycles. The summed E-state index contributed by atoms with van der Waals surface area (Å²) in [6.07, 6.45) is 3.10. The number of nitrogens with two attached hydrogens (primary N) is 1. The van der Waals surface area contributed by atoms with Gasteiger partial charge in [-0.15, -0.1) is 0 Å². The maximum atomic E-state index is 5.85.